The minimum atomic E-state index is 0. The Morgan fingerprint density at radius 3 is 2.31 bits per heavy atom. The quantitative estimate of drug-likeness (QED) is 0.622. The third-order valence-electron chi connectivity index (χ3n) is 1.80. The molecule has 1 N–H and O–H groups in total. The van der Waals surface area contributed by atoms with Crippen LogP contribution in [0.4, 0.5) is 0 Å². The number of aromatic amines is 1. The molecule has 0 unspecified atom stereocenters. The number of aryl methyl sites for hydroxylation is 1. The Kier molecular flexibility index (Phi) is 4.90. The van der Waals surface area contributed by atoms with Gasteiger partial charge in [-0.1, -0.05) is 39.5 Å². The predicted octanol–water partition coefficient (Wildman–Crippen LogP) is 4.14. The zero-order valence-electron chi connectivity index (χ0n) is 7.89. The molecule has 0 bridgehead atoms. The average Bonchev–Trinajstić information content (AvgIpc) is 2.53. The van der Waals surface area contributed by atoms with E-state index in [4.69, 9.17) is 0 Å². The lowest BCUT2D eigenvalue weighted by molar-refractivity contribution is 1.43. The molecule has 0 saturated carbocycles. The smallest absolute Gasteiger partial charge is 0.0456 e. The summed E-state index contributed by atoms with van der Waals surface area (Å²) in [7, 11) is 0. The predicted molar refractivity (Wildman–Crippen MR) is 61.1 cm³/mol. The first kappa shape index (κ1) is 11.8. The Morgan fingerprint density at radius 1 is 1.08 bits per heavy atom. The molecule has 0 aliphatic rings. The number of para-hydroxylation sites is 1. The van der Waals surface area contributed by atoms with E-state index in [1.165, 1.54) is 16.5 Å². The number of aromatic nitrogens is 1. The number of hydrogen-bond donors (Lipinski definition) is 1. The molecule has 0 radical (unpaired) electrons. The Morgan fingerprint density at radius 2 is 1.69 bits per heavy atom. The fourth-order valence-electron chi connectivity index (χ4n) is 1.22. The Balaban J connectivity index is 0.000000451. The molecule has 1 heterocycles. The van der Waals surface area contributed by atoms with Crippen molar-refractivity contribution in [2.24, 2.45) is 0 Å². The van der Waals surface area contributed by atoms with Gasteiger partial charge in [-0.15, -0.1) is 0 Å². The molecule has 1 nitrogen and oxygen atoms in total. The minimum Gasteiger partial charge on any atom is -0.361 e. The summed E-state index contributed by atoms with van der Waals surface area (Å²) in [5.41, 5.74) is 2.54. The van der Waals surface area contributed by atoms with Crippen LogP contribution in [0.2, 0.25) is 0 Å². The minimum absolute atomic E-state index is 0. The number of benzene rings is 1. The van der Waals surface area contributed by atoms with Crippen molar-refractivity contribution < 1.29 is 0 Å². The molecule has 0 amide bonds. The van der Waals surface area contributed by atoms with Crippen molar-refractivity contribution in [2.45, 2.75) is 28.2 Å². The van der Waals surface area contributed by atoms with E-state index in [1.807, 2.05) is 26.1 Å². The molecule has 72 valence electrons. The molecule has 0 fully saturated rings. The van der Waals surface area contributed by atoms with Crippen molar-refractivity contribution in [3.8, 4) is 0 Å². The zero-order valence-corrected chi connectivity index (χ0v) is 7.89. The fourth-order valence-corrected chi connectivity index (χ4v) is 1.22. The highest BCUT2D eigenvalue weighted by Gasteiger charge is 1.94. The van der Waals surface area contributed by atoms with Gasteiger partial charge >= 0.3 is 0 Å². The Hall–Kier alpha value is -1.24. The van der Waals surface area contributed by atoms with Gasteiger partial charge in [0.1, 0.15) is 0 Å². The molecule has 0 saturated heterocycles. The second kappa shape index (κ2) is 5.41. The van der Waals surface area contributed by atoms with Gasteiger partial charge in [0, 0.05) is 17.1 Å². The van der Waals surface area contributed by atoms with Gasteiger partial charge in [-0.3, -0.25) is 0 Å². The topological polar surface area (TPSA) is 15.8 Å². The third kappa shape index (κ3) is 2.35. The van der Waals surface area contributed by atoms with E-state index in [1.54, 1.807) is 0 Å². The van der Waals surface area contributed by atoms with Crippen LogP contribution in [-0.2, 0) is 0 Å². The van der Waals surface area contributed by atoms with Crippen molar-refractivity contribution in [1.29, 1.82) is 0 Å². The van der Waals surface area contributed by atoms with Crippen LogP contribution in [0, 0.1) is 6.92 Å². The number of H-pyrrole nitrogens is 1. The normalized spacial score (nSPS) is 8.54. The largest absolute Gasteiger partial charge is 0.361 e. The van der Waals surface area contributed by atoms with Crippen LogP contribution in [0.1, 0.15) is 26.8 Å². The molecule has 0 aliphatic heterocycles. The highest BCUT2D eigenvalue weighted by atomic mass is 14.7. The van der Waals surface area contributed by atoms with Crippen LogP contribution >= 0.6 is 0 Å². The van der Waals surface area contributed by atoms with Crippen molar-refractivity contribution >= 4 is 10.9 Å². The molecule has 1 heteroatoms. The molecule has 0 atom stereocenters. The third-order valence-corrected chi connectivity index (χ3v) is 1.80. The first-order valence-corrected chi connectivity index (χ1v) is 4.40. The van der Waals surface area contributed by atoms with Gasteiger partial charge < -0.3 is 4.98 Å². The van der Waals surface area contributed by atoms with E-state index in [0.29, 0.717) is 0 Å². The zero-order chi connectivity index (χ0) is 8.97. The lowest BCUT2D eigenvalue weighted by atomic mass is 10.2. The number of nitrogens with one attached hydrogen (secondary N) is 1. The van der Waals surface area contributed by atoms with Gasteiger partial charge in [0.25, 0.3) is 0 Å². The standard InChI is InChI=1S/C9H9N.C2H6.CH4/c1-7-6-10-9-5-3-2-4-8(7)9;1-2;/h2-6,10H,1H3;1-2H3;1H4. The van der Waals surface area contributed by atoms with Crippen LogP contribution in [0.3, 0.4) is 0 Å². The number of rotatable bonds is 0. The molecule has 13 heavy (non-hydrogen) atoms. The molecule has 0 spiro atoms. The summed E-state index contributed by atoms with van der Waals surface area (Å²) in [5, 5.41) is 1.32. The molecule has 1 aromatic carbocycles. The van der Waals surface area contributed by atoms with Crippen molar-refractivity contribution in [3.63, 3.8) is 0 Å². The summed E-state index contributed by atoms with van der Waals surface area (Å²) < 4.78 is 0. The first-order valence-electron chi connectivity index (χ1n) is 4.40. The number of hydrogen-bond acceptors (Lipinski definition) is 0. The van der Waals surface area contributed by atoms with E-state index in [9.17, 15) is 0 Å². The van der Waals surface area contributed by atoms with Gasteiger partial charge in [0.05, 0.1) is 0 Å². The SMILES string of the molecule is C.CC.Cc1c[nH]c2ccccc12. The van der Waals surface area contributed by atoms with Crippen LogP contribution in [0.15, 0.2) is 30.5 Å². The first-order chi connectivity index (χ1) is 5.88. The maximum Gasteiger partial charge on any atom is 0.0456 e. The maximum absolute atomic E-state index is 3.19. The molecular formula is C12H19N. The summed E-state index contributed by atoms with van der Waals surface area (Å²) in [6, 6.07) is 8.31. The van der Waals surface area contributed by atoms with Gasteiger partial charge in [0.15, 0.2) is 0 Å². The van der Waals surface area contributed by atoms with E-state index < -0.39 is 0 Å². The van der Waals surface area contributed by atoms with Crippen LogP contribution in [0.5, 0.6) is 0 Å². The van der Waals surface area contributed by atoms with E-state index in [-0.39, 0.29) is 7.43 Å². The summed E-state index contributed by atoms with van der Waals surface area (Å²) >= 11 is 0. The Bertz CT molecular complexity index is 347. The van der Waals surface area contributed by atoms with E-state index in [2.05, 4.69) is 30.1 Å². The van der Waals surface area contributed by atoms with E-state index in [0.717, 1.165) is 0 Å². The Labute approximate surface area is 80.8 Å². The van der Waals surface area contributed by atoms with Crippen molar-refractivity contribution in [3.05, 3.63) is 36.0 Å². The summed E-state index contributed by atoms with van der Waals surface area (Å²) in [6.07, 6.45) is 2.03. The van der Waals surface area contributed by atoms with Crippen LogP contribution in [-0.4, -0.2) is 4.98 Å². The molecule has 1 aromatic heterocycles. The van der Waals surface area contributed by atoms with E-state index >= 15 is 0 Å². The summed E-state index contributed by atoms with van der Waals surface area (Å²) in [4.78, 5) is 3.19. The molecule has 2 aromatic rings. The lowest BCUT2D eigenvalue weighted by Gasteiger charge is -1.86. The highest BCUT2D eigenvalue weighted by Crippen LogP contribution is 2.15. The highest BCUT2D eigenvalue weighted by molar-refractivity contribution is 5.82. The summed E-state index contributed by atoms with van der Waals surface area (Å²) in [5.74, 6) is 0. The molecule has 2 rings (SSSR count). The second-order valence-corrected chi connectivity index (χ2v) is 2.52. The molecular weight excluding hydrogens is 158 g/mol. The average molecular weight is 177 g/mol. The van der Waals surface area contributed by atoms with Gasteiger partial charge in [0.2, 0.25) is 0 Å². The van der Waals surface area contributed by atoms with Gasteiger partial charge in [-0.2, -0.15) is 0 Å². The monoisotopic (exact) mass is 177 g/mol. The summed E-state index contributed by atoms with van der Waals surface area (Å²) in [6.45, 7) is 6.11. The van der Waals surface area contributed by atoms with Gasteiger partial charge in [-0.05, 0) is 18.6 Å². The lowest BCUT2D eigenvalue weighted by Crippen LogP contribution is -1.64. The van der Waals surface area contributed by atoms with Crippen molar-refractivity contribution in [1.82, 2.24) is 4.98 Å². The van der Waals surface area contributed by atoms with Crippen LogP contribution < -0.4 is 0 Å². The second-order valence-electron chi connectivity index (χ2n) is 2.52. The number of fused-ring (bicyclic) bond motifs is 1. The van der Waals surface area contributed by atoms with Crippen molar-refractivity contribution in [2.75, 3.05) is 0 Å². The fraction of sp³-hybridized carbons (Fsp3) is 0.333. The molecule has 0 aliphatic carbocycles. The van der Waals surface area contributed by atoms with Crippen LogP contribution in [0.25, 0.3) is 10.9 Å². The maximum atomic E-state index is 3.19. The van der Waals surface area contributed by atoms with Gasteiger partial charge in [-0.25, -0.2) is 0 Å².